The largest absolute Gasteiger partial charge is 0.478 e. The highest BCUT2D eigenvalue weighted by Gasteiger charge is 2.13. The van der Waals surface area contributed by atoms with Gasteiger partial charge in [-0.05, 0) is 38.5 Å². The van der Waals surface area contributed by atoms with E-state index < -0.39 is 5.97 Å². The Balaban J connectivity index is 2.97. The quantitative estimate of drug-likeness (QED) is 0.819. The third kappa shape index (κ3) is 1.71. The van der Waals surface area contributed by atoms with Gasteiger partial charge in [-0.3, -0.25) is 4.79 Å². The van der Waals surface area contributed by atoms with E-state index in [1.807, 2.05) is 0 Å². The Morgan fingerprint density at radius 1 is 1.24 bits per heavy atom. The Labute approximate surface area is 97.5 Å². The third-order valence-electron chi connectivity index (χ3n) is 2.91. The first kappa shape index (κ1) is 11.4. The molecule has 4 heteroatoms. The van der Waals surface area contributed by atoms with Crippen LogP contribution in [0.25, 0.3) is 11.0 Å². The van der Waals surface area contributed by atoms with Crippen molar-refractivity contribution in [2.75, 3.05) is 0 Å². The molecule has 0 aliphatic rings. The SMILES string of the molecule is Cc1oc2cc(C(=O)O)cc(C)c2c(=O)c1C. The van der Waals surface area contributed by atoms with Crippen molar-refractivity contribution in [1.82, 2.24) is 0 Å². The fourth-order valence-electron chi connectivity index (χ4n) is 1.84. The molecule has 88 valence electrons. The zero-order valence-electron chi connectivity index (χ0n) is 9.83. The van der Waals surface area contributed by atoms with Crippen molar-refractivity contribution < 1.29 is 14.3 Å². The second-order valence-electron chi connectivity index (χ2n) is 4.08. The van der Waals surface area contributed by atoms with E-state index in [0.717, 1.165) is 0 Å². The Kier molecular flexibility index (Phi) is 2.50. The summed E-state index contributed by atoms with van der Waals surface area (Å²) in [6.07, 6.45) is 0. The van der Waals surface area contributed by atoms with Crippen molar-refractivity contribution in [1.29, 1.82) is 0 Å². The van der Waals surface area contributed by atoms with Crippen LogP contribution >= 0.6 is 0 Å². The third-order valence-corrected chi connectivity index (χ3v) is 2.91. The number of fused-ring (bicyclic) bond motifs is 1. The van der Waals surface area contributed by atoms with E-state index in [-0.39, 0.29) is 11.0 Å². The van der Waals surface area contributed by atoms with Crippen LogP contribution in [0.2, 0.25) is 0 Å². The predicted molar refractivity (Wildman–Crippen MR) is 63.7 cm³/mol. The molecule has 1 N–H and O–H groups in total. The second kappa shape index (κ2) is 3.73. The molecule has 0 spiro atoms. The van der Waals surface area contributed by atoms with Gasteiger partial charge in [0.1, 0.15) is 11.3 Å². The topological polar surface area (TPSA) is 67.5 Å². The number of rotatable bonds is 1. The Hall–Kier alpha value is -2.10. The number of aryl methyl sites for hydroxylation is 2. The van der Waals surface area contributed by atoms with E-state index >= 15 is 0 Å². The van der Waals surface area contributed by atoms with Gasteiger partial charge in [-0.15, -0.1) is 0 Å². The average molecular weight is 232 g/mol. The van der Waals surface area contributed by atoms with E-state index in [2.05, 4.69) is 0 Å². The molecule has 0 bridgehead atoms. The molecule has 1 heterocycles. The number of carboxylic acid groups (broad SMARTS) is 1. The molecule has 0 amide bonds. The van der Waals surface area contributed by atoms with Crippen LogP contribution in [0, 0.1) is 20.8 Å². The number of hydrogen-bond acceptors (Lipinski definition) is 3. The molecule has 2 aromatic rings. The maximum absolute atomic E-state index is 12.0. The van der Waals surface area contributed by atoms with Crippen LogP contribution in [0.1, 0.15) is 27.2 Å². The van der Waals surface area contributed by atoms with Gasteiger partial charge in [-0.2, -0.15) is 0 Å². The van der Waals surface area contributed by atoms with E-state index in [0.29, 0.717) is 27.9 Å². The van der Waals surface area contributed by atoms with Gasteiger partial charge in [0.15, 0.2) is 5.43 Å². The fraction of sp³-hybridized carbons (Fsp3) is 0.231. The molecule has 0 saturated carbocycles. The lowest BCUT2D eigenvalue weighted by atomic mass is 10.0. The van der Waals surface area contributed by atoms with Crippen LogP contribution in [-0.4, -0.2) is 11.1 Å². The highest BCUT2D eigenvalue weighted by molar-refractivity contribution is 5.94. The van der Waals surface area contributed by atoms with Crippen molar-refractivity contribution in [3.8, 4) is 0 Å². The summed E-state index contributed by atoms with van der Waals surface area (Å²) in [5.74, 6) is -0.514. The van der Waals surface area contributed by atoms with Crippen molar-refractivity contribution in [2.24, 2.45) is 0 Å². The van der Waals surface area contributed by atoms with E-state index in [1.165, 1.54) is 12.1 Å². The van der Waals surface area contributed by atoms with Gasteiger partial charge in [0, 0.05) is 5.56 Å². The van der Waals surface area contributed by atoms with Crippen molar-refractivity contribution >= 4 is 16.9 Å². The standard InChI is InChI=1S/C13H12O4/c1-6-4-9(13(15)16)5-10-11(6)12(14)7(2)8(3)17-10/h4-5H,1-3H3,(H,15,16). The molecule has 0 radical (unpaired) electrons. The van der Waals surface area contributed by atoms with Gasteiger partial charge >= 0.3 is 5.97 Å². The minimum Gasteiger partial charge on any atom is -0.478 e. The maximum Gasteiger partial charge on any atom is 0.335 e. The summed E-state index contributed by atoms with van der Waals surface area (Å²) in [7, 11) is 0. The van der Waals surface area contributed by atoms with Crippen molar-refractivity contribution in [2.45, 2.75) is 20.8 Å². The van der Waals surface area contributed by atoms with E-state index in [4.69, 9.17) is 9.52 Å². The average Bonchev–Trinajstić information content (AvgIpc) is 2.25. The number of carboxylic acids is 1. The molecule has 0 saturated heterocycles. The normalized spacial score (nSPS) is 10.8. The van der Waals surface area contributed by atoms with E-state index in [9.17, 15) is 9.59 Å². The Morgan fingerprint density at radius 3 is 2.47 bits per heavy atom. The highest BCUT2D eigenvalue weighted by Crippen LogP contribution is 2.20. The molecular formula is C13H12O4. The lowest BCUT2D eigenvalue weighted by Gasteiger charge is -2.06. The van der Waals surface area contributed by atoms with Crippen molar-refractivity contribution in [3.05, 3.63) is 44.8 Å². The molecule has 0 fully saturated rings. The van der Waals surface area contributed by atoms with Crippen LogP contribution < -0.4 is 5.43 Å². The summed E-state index contributed by atoms with van der Waals surface area (Å²) >= 11 is 0. The molecular weight excluding hydrogens is 220 g/mol. The lowest BCUT2D eigenvalue weighted by Crippen LogP contribution is -2.10. The van der Waals surface area contributed by atoms with Gasteiger partial charge < -0.3 is 9.52 Å². The molecule has 0 aliphatic heterocycles. The summed E-state index contributed by atoms with van der Waals surface area (Å²) in [6.45, 7) is 5.10. The molecule has 0 unspecified atom stereocenters. The number of carbonyl (C=O) groups is 1. The van der Waals surface area contributed by atoms with Gasteiger partial charge in [-0.25, -0.2) is 4.79 Å². The van der Waals surface area contributed by atoms with E-state index in [1.54, 1.807) is 20.8 Å². The summed E-state index contributed by atoms with van der Waals surface area (Å²) < 4.78 is 5.48. The summed E-state index contributed by atoms with van der Waals surface area (Å²) in [5, 5.41) is 9.40. The highest BCUT2D eigenvalue weighted by atomic mass is 16.4. The van der Waals surface area contributed by atoms with Gasteiger partial charge in [0.2, 0.25) is 0 Å². The first-order valence-electron chi connectivity index (χ1n) is 5.19. The van der Waals surface area contributed by atoms with Crippen LogP contribution in [0.15, 0.2) is 21.3 Å². The Bertz CT molecular complexity index is 680. The zero-order chi connectivity index (χ0) is 12.7. The van der Waals surface area contributed by atoms with Crippen LogP contribution in [0.3, 0.4) is 0 Å². The number of benzene rings is 1. The lowest BCUT2D eigenvalue weighted by molar-refractivity contribution is 0.0697. The predicted octanol–water partition coefficient (Wildman–Crippen LogP) is 2.42. The fourth-order valence-corrected chi connectivity index (χ4v) is 1.84. The molecule has 0 aliphatic carbocycles. The summed E-state index contributed by atoms with van der Waals surface area (Å²) in [5.41, 5.74) is 1.54. The monoisotopic (exact) mass is 232 g/mol. The minimum atomic E-state index is -1.03. The molecule has 17 heavy (non-hydrogen) atoms. The first-order valence-corrected chi connectivity index (χ1v) is 5.19. The van der Waals surface area contributed by atoms with Crippen LogP contribution in [0.4, 0.5) is 0 Å². The molecule has 0 atom stereocenters. The van der Waals surface area contributed by atoms with Gasteiger partial charge in [-0.1, -0.05) is 0 Å². The van der Waals surface area contributed by atoms with Gasteiger partial charge in [0.25, 0.3) is 0 Å². The summed E-state index contributed by atoms with van der Waals surface area (Å²) in [6, 6.07) is 2.87. The van der Waals surface area contributed by atoms with Crippen molar-refractivity contribution in [3.63, 3.8) is 0 Å². The van der Waals surface area contributed by atoms with Gasteiger partial charge in [0.05, 0.1) is 10.9 Å². The number of hydrogen-bond donors (Lipinski definition) is 1. The number of aromatic carboxylic acids is 1. The molecule has 2 rings (SSSR count). The molecule has 4 nitrogen and oxygen atoms in total. The van der Waals surface area contributed by atoms with Crippen LogP contribution in [-0.2, 0) is 0 Å². The second-order valence-corrected chi connectivity index (χ2v) is 4.08. The Morgan fingerprint density at radius 2 is 1.88 bits per heavy atom. The first-order chi connectivity index (χ1) is 7.91. The molecule has 1 aromatic carbocycles. The maximum atomic E-state index is 12.0. The summed E-state index contributed by atoms with van der Waals surface area (Å²) in [4.78, 5) is 23.0. The smallest absolute Gasteiger partial charge is 0.335 e. The van der Waals surface area contributed by atoms with Crippen LogP contribution in [0.5, 0.6) is 0 Å². The molecule has 1 aromatic heterocycles. The zero-order valence-corrected chi connectivity index (χ0v) is 9.83. The minimum absolute atomic E-state index is 0.0989.